The molecule has 8 heteroatoms. The molecule has 1 saturated heterocycles. The van der Waals surface area contributed by atoms with E-state index < -0.39 is 17.5 Å². The fourth-order valence-corrected chi connectivity index (χ4v) is 4.39. The van der Waals surface area contributed by atoms with Gasteiger partial charge in [-0.1, -0.05) is 36.4 Å². The number of rotatable bonds is 5. The van der Waals surface area contributed by atoms with Crippen molar-refractivity contribution >= 4 is 28.7 Å². The number of aromatic nitrogens is 1. The third-order valence-electron chi connectivity index (χ3n) is 5.95. The number of urea groups is 1. The lowest BCUT2D eigenvalue weighted by molar-refractivity contribution is -0.136. The summed E-state index contributed by atoms with van der Waals surface area (Å²) in [7, 11) is 0. The highest BCUT2D eigenvalue weighted by atomic mass is 16.5. The van der Waals surface area contributed by atoms with Crippen LogP contribution in [0.15, 0.2) is 54.7 Å². The Kier molecular flexibility index (Phi) is 4.62. The molecule has 3 N–H and O–H groups in total. The highest BCUT2D eigenvalue weighted by Gasteiger charge is 2.55. The number of nitrogens with zero attached hydrogens (tertiary/aromatic N) is 1. The number of benzene rings is 2. The number of imide groups is 1. The topological polar surface area (TPSA) is 104 Å². The van der Waals surface area contributed by atoms with Crippen LogP contribution in [-0.4, -0.2) is 47.4 Å². The molecule has 2 aromatic carbocycles. The van der Waals surface area contributed by atoms with Crippen LogP contribution in [0, 0.1) is 0 Å². The molecule has 158 valence electrons. The minimum atomic E-state index is -1.17. The maximum Gasteiger partial charge on any atom is 0.325 e. The second-order valence-corrected chi connectivity index (χ2v) is 7.78. The van der Waals surface area contributed by atoms with Gasteiger partial charge in [-0.05, 0) is 24.1 Å². The molecule has 31 heavy (non-hydrogen) atoms. The van der Waals surface area contributed by atoms with Crippen LogP contribution < -0.4 is 15.4 Å². The molecule has 1 atom stereocenters. The van der Waals surface area contributed by atoms with Gasteiger partial charge in [-0.2, -0.15) is 0 Å². The predicted octanol–water partition coefficient (Wildman–Crippen LogP) is 2.06. The smallest absolute Gasteiger partial charge is 0.325 e. The van der Waals surface area contributed by atoms with Crippen molar-refractivity contribution < 1.29 is 19.1 Å². The molecule has 2 aliphatic rings. The first kappa shape index (κ1) is 19.2. The van der Waals surface area contributed by atoms with Gasteiger partial charge in [0, 0.05) is 35.6 Å². The fourth-order valence-electron chi connectivity index (χ4n) is 4.39. The van der Waals surface area contributed by atoms with Crippen LogP contribution in [0.3, 0.4) is 0 Å². The summed E-state index contributed by atoms with van der Waals surface area (Å²) in [6, 6.07) is 14.6. The normalized spacial score (nSPS) is 19.9. The van der Waals surface area contributed by atoms with E-state index >= 15 is 0 Å². The van der Waals surface area contributed by atoms with Gasteiger partial charge in [-0.25, -0.2) is 4.79 Å². The number of carbonyl (C=O) groups excluding carboxylic acids is 3. The summed E-state index contributed by atoms with van der Waals surface area (Å²) in [4.78, 5) is 42.5. The van der Waals surface area contributed by atoms with Crippen molar-refractivity contribution in [3.05, 3.63) is 65.9 Å². The number of para-hydroxylation sites is 2. The summed E-state index contributed by atoms with van der Waals surface area (Å²) in [6.07, 6.45) is 2.90. The van der Waals surface area contributed by atoms with Gasteiger partial charge in [0.1, 0.15) is 12.3 Å². The molecule has 3 aromatic rings. The van der Waals surface area contributed by atoms with Gasteiger partial charge in [0.15, 0.2) is 5.54 Å². The molecular weight excluding hydrogens is 396 g/mol. The van der Waals surface area contributed by atoms with E-state index in [1.807, 2.05) is 36.5 Å². The van der Waals surface area contributed by atoms with E-state index in [4.69, 9.17) is 4.74 Å². The van der Waals surface area contributed by atoms with Crippen LogP contribution in [0.4, 0.5) is 4.79 Å². The van der Waals surface area contributed by atoms with Crippen molar-refractivity contribution in [3.63, 3.8) is 0 Å². The number of fused-ring (bicyclic) bond motifs is 3. The second-order valence-electron chi connectivity index (χ2n) is 7.78. The van der Waals surface area contributed by atoms with E-state index in [2.05, 4.69) is 15.6 Å². The Balaban J connectivity index is 1.24. The molecule has 1 fully saturated rings. The lowest BCUT2D eigenvalue weighted by atomic mass is 9.84. The molecule has 0 saturated carbocycles. The van der Waals surface area contributed by atoms with Gasteiger partial charge in [0.2, 0.25) is 5.91 Å². The molecule has 4 amide bonds. The van der Waals surface area contributed by atoms with Crippen molar-refractivity contribution in [1.82, 2.24) is 20.5 Å². The lowest BCUT2D eigenvalue weighted by Gasteiger charge is -2.33. The number of aromatic amines is 1. The van der Waals surface area contributed by atoms with Crippen LogP contribution in [0.5, 0.6) is 5.75 Å². The van der Waals surface area contributed by atoms with Crippen LogP contribution in [-0.2, 0) is 21.5 Å². The first-order valence-electron chi connectivity index (χ1n) is 10.3. The summed E-state index contributed by atoms with van der Waals surface area (Å²) in [6.45, 7) is 0.406. The number of nitrogens with one attached hydrogen (secondary N) is 3. The van der Waals surface area contributed by atoms with E-state index in [0.29, 0.717) is 37.3 Å². The van der Waals surface area contributed by atoms with Gasteiger partial charge < -0.3 is 20.4 Å². The monoisotopic (exact) mass is 418 g/mol. The SMILES string of the molecule is O=C(CN1C(=O)N[C@@]2(CCOc3ccccc32)C1=O)NCCc1c[nH]c2ccccc12. The van der Waals surface area contributed by atoms with Crippen molar-refractivity contribution in [2.45, 2.75) is 18.4 Å². The number of hydrogen-bond donors (Lipinski definition) is 3. The Labute approximate surface area is 178 Å². The summed E-state index contributed by atoms with van der Waals surface area (Å²) < 4.78 is 5.63. The molecule has 1 spiro atoms. The molecule has 2 aliphatic heterocycles. The zero-order valence-electron chi connectivity index (χ0n) is 16.8. The Hall–Kier alpha value is -3.81. The molecule has 8 nitrogen and oxygen atoms in total. The quantitative estimate of drug-likeness (QED) is 0.552. The highest BCUT2D eigenvalue weighted by Crippen LogP contribution is 2.40. The molecule has 0 unspecified atom stereocenters. The van der Waals surface area contributed by atoms with Crippen LogP contribution >= 0.6 is 0 Å². The Bertz CT molecular complexity index is 1190. The van der Waals surface area contributed by atoms with Crippen molar-refractivity contribution in [3.8, 4) is 5.75 Å². The van der Waals surface area contributed by atoms with E-state index in [9.17, 15) is 14.4 Å². The number of ether oxygens (including phenoxy) is 1. The summed E-state index contributed by atoms with van der Waals surface area (Å²) >= 11 is 0. The minimum Gasteiger partial charge on any atom is -0.493 e. The maximum atomic E-state index is 13.2. The standard InChI is InChI=1S/C23H22N4O4/c28-20(24-11-9-15-13-25-18-7-3-1-5-16(15)18)14-27-21(29)23(26-22(27)30)10-12-31-19-8-4-2-6-17(19)23/h1-8,13,25H,9-12,14H2,(H,24,28)(H,26,30)/t23-/m1/s1. The van der Waals surface area contributed by atoms with Crippen molar-refractivity contribution in [2.24, 2.45) is 0 Å². The van der Waals surface area contributed by atoms with E-state index in [0.717, 1.165) is 21.4 Å². The number of amides is 4. The molecular formula is C23H22N4O4. The maximum absolute atomic E-state index is 13.2. The molecule has 0 bridgehead atoms. The van der Waals surface area contributed by atoms with Gasteiger partial charge in [-0.15, -0.1) is 0 Å². The Morgan fingerprint density at radius 2 is 1.94 bits per heavy atom. The minimum absolute atomic E-state index is 0.313. The van der Waals surface area contributed by atoms with E-state index in [1.54, 1.807) is 18.2 Å². The number of hydrogen-bond acceptors (Lipinski definition) is 4. The fraction of sp³-hybridized carbons (Fsp3) is 0.261. The van der Waals surface area contributed by atoms with Gasteiger partial charge in [-0.3, -0.25) is 14.5 Å². The lowest BCUT2D eigenvalue weighted by Crippen LogP contribution is -2.48. The average Bonchev–Trinajstić information content (AvgIpc) is 3.29. The Morgan fingerprint density at radius 3 is 2.84 bits per heavy atom. The number of carbonyl (C=O) groups is 3. The predicted molar refractivity (Wildman–Crippen MR) is 113 cm³/mol. The summed E-state index contributed by atoms with van der Waals surface area (Å²) in [5.41, 5.74) is 1.60. The van der Waals surface area contributed by atoms with Gasteiger partial charge in [0.05, 0.1) is 6.61 Å². The summed E-state index contributed by atoms with van der Waals surface area (Å²) in [5.74, 6) is -0.215. The second kappa shape index (κ2) is 7.46. The highest BCUT2D eigenvalue weighted by molar-refractivity contribution is 6.09. The molecule has 0 aliphatic carbocycles. The van der Waals surface area contributed by atoms with Crippen LogP contribution in [0.1, 0.15) is 17.5 Å². The molecule has 0 radical (unpaired) electrons. The van der Waals surface area contributed by atoms with Gasteiger partial charge >= 0.3 is 6.03 Å². The zero-order valence-corrected chi connectivity index (χ0v) is 16.8. The van der Waals surface area contributed by atoms with Crippen molar-refractivity contribution in [1.29, 1.82) is 0 Å². The van der Waals surface area contributed by atoms with E-state index in [1.165, 1.54) is 0 Å². The van der Waals surface area contributed by atoms with Crippen molar-refractivity contribution in [2.75, 3.05) is 19.7 Å². The first-order chi connectivity index (χ1) is 15.1. The largest absolute Gasteiger partial charge is 0.493 e. The molecule has 1 aromatic heterocycles. The van der Waals surface area contributed by atoms with Gasteiger partial charge in [0.25, 0.3) is 5.91 Å². The number of H-pyrrole nitrogens is 1. The average molecular weight is 418 g/mol. The molecule has 5 rings (SSSR count). The zero-order chi connectivity index (χ0) is 21.4. The van der Waals surface area contributed by atoms with Crippen LogP contribution in [0.2, 0.25) is 0 Å². The Morgan fingerprint density at radius 1 is 1.13 bits per heavy atom. The van der Waals surface area contributed by atoms with E-state index in [-0.39, 0.29) is 12.5 Å². The molecule has 3 heterocycles. The third-order valence-corrected chi connectivity index (χ3v) is 5.95. The summed E-state index contributed by atoms with van der Waals surface area (Å²) in [5, 5.41) is 6.73. The first-order valence-corrected chi connectivity index (χ1v) is 10.3. The third kappa shape index (κ3) is 3.20. The van der Waals surface area contributed by atoms with Crippen LogP contribution in [0.25, 0.3) is 10.9 Å².